The third-order valence-electron chi connectivity index (χ3n) is 3.17. The number of hydrogen-bond donors (Lipinski definition) is 2. The molecule has 0 saturated heterocycles. The Morgan fingerprint density at radius 1 is 1.13 bits per heavy atom. The molecule has 0 saturated carbocycles. The highest BCUT2D eigenvalue weighted by atomic mass is 79.9. The Kier molecular flexibility index (Phi) is 5.87. The van der Waals surface area contributed by atoms with Crippen molar-refractivity contribution in [2.75, 3.05) is 11.9 Å². The number of aromatic nitrogens is 1. The van der Waals surface area contributed by atoms with Crippen molar-refractivity contribution >= 4 is 33.4 Å². The highest BCUT2D eigenvalue weighted by molar-refractivity contribution is 9.10. The molecule has 2 amide bonds. The molecule has 2 aromatic rings. The van der Waals surface area contributed by atoms with Crippen molar-refractivity contribution in [1.29, 1.82) is 0 Å². The van der Waals surface area contributed by atoms with Crippen molar-refractivity contribution in [1.82, 2.24) is 10.3 Å². The van der Waals surface area contributed by atoms with E-state index in [0.717, 1.165) is 16.5 Å². The van der Waals surface area contributed by atoms with Crippen LogP contribution in [0.5, 0.6) is 0 Å². The van der Waals surface area contributed by atoms with E-state index in [1.54, 1.807) is 24.3 Å². The first-order chi connectivity index (χ1) is 11.0. The van der Waals surface area contributed by atoms with E-state index in [1.165, 1.54) is 0 Å². The van der Waals surface area contributed by atoms with Gasteiger partial charge in [0.05, 0.1) is 0 Å². The summed E-state index contributed by atoms with van der Waals surface area (Å²) in [6.07, 6.45) is 0.842. The summed E-state index contributed by atoms with van der Waals surface area (Å²) >= 11 is 3.42. The Morgan fingerprint density at radius 3 is 2.48 bits per heavy atom. The van der Waals surface area contributed by atoms with Crippen LogP contribution in [0, 0.1) is 6.92 Å². The number of pyridine rings is 1. The Hall–Kier alpha value is -2.21. The summed E-state index contributed by atoms with van der Waals surface area (Å²) in [7, 11) is 0. The van der Waals surface area contributed by atoms with E-state index in [4.69, 9.17) is 0 Å². The van der Waals surface area contributed by atoms with Crippen LogP contribution in [0.25, 0.3) is 0 Å². The zero-order chi connectivity index (χ0) is 16.8. The summed E-state index contributed by atoms with van der Waals surface area (Å²) in [4.78, 5) is 28.3. The fourth-order valence-electron chi connectivity index (χ4n) is 1.93. The lowest BCUT2D eigenvalue weighted by Crippen LogP contribution is -2.26. The largest absolute Gasteiger partial charge is 0.351 e. The van der Waals surface area contributed by atoms with Crippen LogP contribution in [0.4, 0.5) is 5.69 Å². The maximum Gasteiger partial charge on any atom is 0.274 e. The SMILES string of the molecule is CCCNC(=O)c1cccc(C(=O)Nc2ccc(Br)c(C)c2)n1. The molecule has 1 heterocycles. The van der Waals surface area contributed by atoms with Crippen molar-refractivity contribution in [2.24, 2.45) is 0 Å². The molecule has 2 rings (SSSR count). The topological polar surface area (TPSA) is 71.1 Å². The second-order valence-electron chi connectivity index (χ2n) is 5.08. The number of hydrogen-bond acceptors (Lipinski definition) is 3. The molecule has 0 aliphatic heterocycles. The van der Waals surface area contributed by atoms with E-state index in [-0.39, 0.29) is 23.2 Å². The van der Waals surface area contributed by atoms with E-state index in [1.807, 2.05) is 26.0 Å². The summed E-state index contributed by atoms with van der Waals surface area (Å²) in [5.41, 5.74) is 2.13. The first kappa shape index (κ1) is 17.1. The molecule has 0 unspecified atom stereocenters. The molecule has 1 aromatic heterocycles. The van der Waals surface area contributed by atoms with Crippen LogP contribution in [0.1, 0.15) is 39.9 Å². The van der Waals surface area contributed by atoms with Crippen LogP contribution in [-0.2, 0) is 0 Å². The second kappa shape index (κ2) is 7.87. The number of nitrogens with one attached hydrogen (secondary N) is 2. The van der Waals surface area contributed by atoms with Crippen LogP contribution in [-0.4, -0.2) is 23.3 Å². The Labute approximate surface area is 143 Å². The van der Waals surface area contributed by atoms with Gasteiger partial charge in [0, 0.05) is 16.7 Å². The Morgan fingerprint density at radius 2 is 1.83 bits per heavy atom. The van der Waals surface area contributed by atoms with Crippen LogP contribution < -0.4 is 10.6 Å². The van der Waals surface area contributed by atoms with Crippen LogP contribution in [0.15, 0.2) is 40.9 Å². The highest BCUT2D eigenvalue weighted by Gasteiger charge is 2.12. The number of rotatable bonds is 5. The fraction of sp³-hybridized carbons (Fsp3) is 0.235. The van der Waals surface area contributed by atoms with E-state index in [0.29, 0.717) is 12.2 Å². The van der Waals surface area contributed by atoms with Gasteiger partial charge in [0.25, 0.3) is 11.8 Å². The van der Waals surface area contributed by atoms with Gasteiger partial charge in [-0.05, 0) is 49.2 Å². The molecule has 1 aromatic carbocycles. The van der Waals surface area contributed by atoms with Gasteiger partial charge in [-0.15, -0.1) is 0 Å². The molecular weight excluding hydrogens is 358 g/mol. The number of aryl methyl sites for hydroxylation is 1. The van der Waals surface area contributed by atoms with Crippen molar-refractivity contribution in [3.05, 3.63) is 57.8 Å². The predicted octanol–water partition coefficient (Wildman–Crippen LogP) is 3.54. The smallest absolute Gasteiger partial charge is 0.274 e. The van der Waals surface area contributed by atoms with E-state index >= 15 is 0 Å². The summed E-state index contributed by atoms with van der Waals surface area (Å²) < 4.78 is 0.975. The standard InChI is InChI=1S/C17H18BrN3O2/c1-3-9-19-16(22)14-5-4-6-15(21-14)17(23)20-12-7-8-13(18)11(2)10-12/h4-8,10H,3,9H2,1-2H3,(H,19,22)(H,20,23). The average Bonchev–Trinajstić information content (AvgIpc) is 2.56. The molecule has 2 N–H and O–H groups in total. The highest BCUT2D eigenvalue weighted by Crippen LogP contribution is 2.20. The molecule has 23 heavy (non-hydrogen) atoms. The quantitative estimate of drug-likeness (QED) is 0.839. The third kappa shape index (κ3) is 4.63. The van der Waals surface area contributed by atoms with Crippen LogP contribution >= 0.6 is 15.9 Å². The van der Waals surface area contributed by atoms with Crippen LogP contribution in [0.3, 0.4) is 0 Å². The summed E-state index contributed by atoms with van der Waals surface area (Å²) in [6, 6.07) is 10.3. The lowest BCUT2D eigenvalue weighted by Gasteiger charge is -2.08. The monoisotopic (exact) mass is 375 g/mol. The molecule has 0 fully saturated rings. The first-order valence-electron chi connectivity index (χ1n) is 7.34. The molecule has 0 atom stereocenters. The summed E-state index contributed by atoms with van der Waals surface area (Å²) in [5, 5.41) is 5.52. The number of carbonyl (C=O) groups is 2. The molecule has 120 valence electrons. The van der Waals surface area contributed by atoms with E-state index < -0.39 is 0 Å². The van der Waals surface area contributed by atoms with Gasteiger partial charge in [0.1, 0.15) is 11.4 Å². The number of carbonyl (C=O) groups excluding carboxylic acids is 2. The average molecular weight is 376 g/mol. The van der Waals surface area contributed by atoms with E-state index in [2.05, 4.69) is 31.5 Å². The maximum atomic E-state index is 12.3. The van der Waals surface area contributed by atoms with Gasteiger partial charge in [-0.1, -0.05) is 28.9 Å². The summed E-state index contributed by atoms with van der Waals surface area (Å²) in [5.74, 6) is -0.627. The molecule has 0 aliphatic rings. The normalized spacial score (nSPS) is 10.2. The minimum atomic E-state index is -0.350. The van der Waals surface area contributed by atoms with Crippen molar-refractivity contribution in [3.8, 4) is 0 Å². The maximum absolute atomic E-state index is 12.3. The zero-order valence-corrected chi connectivity index (χ0v) is 14.6. The number of halogens is 1. The lowest BCUT2D eigenvalue weighted by atomic mass is 10.2. The van der Waals surface area contributed by atoms with Crippen molar-refractivity contribution < 1.29 is 9.59 Å². The minimum Gasteiger partial charge on any atom is -0.351 e. The molecule has 0 radical (unpaired) electrons. The first-order valence-corrected chi connectivity index (χ1v) is 8.13. The van der Waals surface area contributed by atoms with Gasteiger partial charge >= 0.3 is 0 Å². The summed E-state index contributed by atoms with van der Waals surface area (Å²) in [6.45, 7) is 4.49. The van der Waals surface area contributed by atoms with Gasteiger partial charge in [-0.25, -0.2) is 4.98 Å². The van der Waals surface area contributed by atoms with Crippen molar-refractivity contribution in [3.63, 3.8) is 0 Å². The number of nitrogens with zero attached hydrogens (tertiary/aromatic N) is 1. The Balaban J connectivity index is 2.13. The van der Waals surface area contributed by atoms with Crippen LogP contribution in [0.2, 0.25) is 0 Å². The number of amides is 2. The lowest BCUT2D eigenvalue weighted by molar-refractivity contribution is 0.0948. The molecule has 5 nitrogen and oxygen atoms in total. The third-order valence-corrected chi connectivity index (χ3v) is 4.06. The van der Waals surface area contributed by atoms with Gasteiger partial charge < -0.3 is 10.6 Å². The zero-order valence-electron chi connectivity index (χ0n) is 13.0. The number of benzene rings is 1. The number of anilines is 1. The van der Waals surface area contributed by atoms with E-state index in [9.17, 15) is 9.59 Å². The minimum absolute atomic E-state index is 0.203. The predicted molar refractivity (Wildman–Crippen MR) is 93.7 cm³/mol. The molecule has 0 spiro atoms. The van der Waals surface area contributed by atoms with Gasteiger partial charge in [-0.2, -0.15) is 0 Å². The van der Waals surface area contributed by atoms with Gasteiger partial charge in [0.15, 0.2) is 0 Å². The molecule has 0 aliphatic carbocycles. The molecule has 0 bridgehead atoms. The van der Waals surface area contributed by atoms with Gasteiger partial charge in [0.2, 0.25) is 0 Å². The molecular formula is C17H18BrN3O2. The Bertz CT molecular complexity index is 732. The fourth-order valence-corrected chi connectivity index (χ4v) is 2.18. The molecule has 6 heteroatoms. The van der Waals surface area contributed by atoms with Gasteiger partial charge in [-0.3, -0.25) is 9.59 Å². The second-order valence-corrected chi connectivity index (χ2v) is 5.94. The van der Waals surface area contributed by atoms with Crippen molar-refractivity contribution in [2.45, 2.75) is 20.3 Å².